The smallest absolute Gasteiger partial charge is 0.228 e. The fourth-order valence-electron chi connectivity index (χ4n) is 10.1. The molecule has 46 heavy (non-hydrogen) atoms. The van der Waals surface area contributed by atoms with Gasteiger partial charge in [-0.1, -0.05) is 48.6 Å². The summed E-state index contributed by atoms with van der Waals surface area (Å²) in [5.74, 6) is 1.95. The molecule has 0 unspecified atom stereocenters. The second-order valence-corrected chi connectivity index (χ2v) is 14.3. The number of methoxy groups -OCH3 is 2. The van der Waals surface area contributed by atoms with E-state index < -0.39 is 11.5 Å². The number of nitrogens with one attached hydrogen (secondary N) is 1. The van der Waals surface area contributed by atoms with Gasteiger partial charge in [-0.2, -0.15) is 0 Å². The van der Waals surface area contributed by atoms with Gasteiger partial charge in [-0.05, 0) is 86.0 Å². The zero-order valence-corrected chi connectivity index (χ0v) is 26.5. The lowest BCUT2D eigenvalue weighted by Gasteiger charge is -2.71. The number of likely N-dealkylation sites (tertiary alicyclic amines) is 1. The summed E-state index contributed by atoms with van der Waals surface area (Å²) in [4.78, 5) is 30.1. The molecule has 7 nitrogen and oxygen atoms in total. The van der Waals surface area contributed by atoms with E-state index in [4.69, 9.17) is 14.2 Å². The monoisotopic (exact) mass is 616 g/mol. The summed E-state index contributed by atoms with van der Waals surface area (Å²) in [5, 5.41) is 2.98. The Balaban J connectivity index is 1.07. The van der Waals surface area contributed by atoms with Crippen molar-refractivity contribution in [3.8, 4) is 11.5 Å². The molecule has 4 bridgehead atoms. The number of hydrogen-bond acceptors (Lipinski definition) is 6. The van der Waals surface area contributed by atoms with Crippen LogP contribution in [0.3, 0.4) is 0 Å². The van der Waals surface area contributed by atoms with Crippen LogP contribution < -0.4 is 14.8 Å². The minimum atomic E-state index is -0.913. The summed E-state index contributed by atoms with van der Waals surface area (Å²) in [6.45, 7) is 2.16. The van der Waals surface area contributed by atoms with E-state index in [1.54, 1.807) is 14.2 Å². The average Bonchev–Trinajstić information content (AvgIpc) is 3.83. The standard InChI is InChI=1S/C39H40N2O5/c1-44-30-15-12-27-21-31-37-16-17-39(45-2,36-38(37,33(27)35(30)46-36)18-19-41(31)23-25-8-9-25)29(22-37)34(43)26-10-13-28(14-11-26)40-32(42)20-24-6-4-3-5-7-24/h3-7,10-17,25,29,31,36H,8-9,18-23H2,1-2H3,(H,40,42)/t29-,31-,36-,37-,38+,39-/m1/s1. The van der Waals surface area contributed by atoms with Gasteiger partial charge in [0.25, 0.3) is 0 Å². The number of hydrogen-bond donors (Lipinski definition) is 1. The van der Waals surface area contributed by atoms with Crippen LogP contribution in [0.15, 0.2) is 78.9 Å². The first-order valence-corrected chi connectivity index (χ1v) is 16.8. The van der Waals surface area contributed by atoms with Crippen LogP contribution in [-0.2, 0) is 27.8 Å². The second kappa shape index (κ2) is 10.0. The number of ether oxygens (including phenoxy) is 3. The van der Waals surface area contributed by atoms with Crippen LogP contribution >= 0.6 is 0 Å². The van der Waals surface area contributed by atoms with Crippen LogP contribution in [0.25, 0.3) is 0 Å². The van der Waals surface area contributed by atoms with Gasteiger partial charge in [-0.3, -0.25) is 14.5 Å². The molecule has 5 aliphatic carbocycles. The van der Waals surface area contributed by atoms with Crippen molar-refractivity contribution in [1.29, 1.82) is 0 Å². The molecule has 0 aromatic heterocycles. The molecule has 2 saturated carbocycles. The Hall–Kier alpha value is -3.94. The maximum Gasteiger partial charge on any atom is 0.228 e. The number of nitrogens with zero attached hydrogens (tertiary/aromatic N) is 1. The number of ketones is 1. The third-order valence-electron chi connectivity index (χ3n) is 12.3. The number of rotatable bonds is 9. The summed E-state index contributed by atoms with van der Waals surface area (Å²) < 4.78 is 19.5. The van der Waals surface area contributed by atoms with Gasteiger partial charge in [0, 0.05) is 41.9 Å². The highest BCUT2D eigenvalue weighted by Crippen LogP contribution is 2.75. The molecule has 10 rings (SSSR count). The van der Waals surface area contributed by atoms with E-state index in [1.807, 2.05) is 54.6 Å². The lowest BCUT2D eigenvalue weighted by Crippen LogP contribution is -2.79. The number of piperidine rings is 1. The Morgan fingerprint density at radius 3 is 2.54 bits per heavy atom. The van der Waals surface area contributed by atoms with Gasteiger partial charge >= 0.3 is 0 Å². The minimum absolute atomic E-state index is 0.0618. The summed E-state index contributed by atoms with van der Waals surface area (Å²) in [6, 6.07) is 21.6. The van der Waals surface area contributed by atoms with E-state index in [-0.39, 0.29) is 28.6 Å². The molecular weight excluding hydrogens is 576 g/mol. The zero-order valence-electron chi connectivity index (χ0n) is 26.5. The highest BCUT2D eigenvalue weighted by atomic mass is 16.6. The summed E-state index contributed by atoms with van der Waals surface area (Å²) in [7, 11) is 3.44. The summed E-state index contributed by atoms with van der Waals surface area (Å²) in [6.07, 6.45) is 9.86. The van der Waals surface area contributed by atoms with Crippen molar-refractivity contribution in [2.45, 2.75) is 61.7 Å². The topological polar surface area (TPSA) is 77.1 Å². The Morgan fingerprint density at radius 2 is 1.80 bits per heavy atom. The van der Waals surface area contributed by atoms with Crippen LogP contribution in [0.1, 0.15) is 52.7 Å². The normalized spacial score (nSPS) is 32.9. The van der Waals surface area contributed by atoms with Gasteiger partial charge in [-0.25, -0.2) is 0 Å². The van der Waals surface area contributed by atoms with Gasteiger partial charge in [0.05, 0.1) is 24.9 Å². The predicted octanol–water partition coefficient (Wildman–Crippen LogP) is 5.76. The lowest BCUT2D eigenvalue weighted by molar-refractivity contribution is -0.206. The predicted molar refractivity (Wildman–Crippen MR) is 174 cm³/mol. The fourth-order valence-corrected chi connectivity index (χ4v) is 10.1. The molecule has 3 aromatic rings. The van der Waals surface area contributed by atoms with Crippen LogP contribution in [-0.4, -0.2) is 61.6 Å². The van der Waals surface area contributed by atoms with E-state index in [2.05, 4.69) is 34.5 Å². The summed E-state index contributed by atoms with van der Waals surface area (Å²) in [5.41, 5.74) is 3.47. The number of carbonyl (C=O) groups excluding carboxylic acids is 2. The lowest BCUT2D eigenvalue weighted by atomic mass is 9.36. The van der Waals surface area contributed by atoms with Crippen molar-refractivity contribution in [3.63, 3.8) is 0 Å². The Morgan fingerprint density at radius 1 is 1.00 bits per heavy atom. The first-order chi connectivity index (χ1) is 22.4. The van der Waals surface area contributed by atoms with Gasteiger partial charge < -0.3 is 19.5 Å². The second-order valence-electron chi connectivity index (χ2n) is 14.3. The number of anilines is 1. The number of fused-ring (bicyclic) bond motifs is 1. The molecule has 7 aliphatic rings. The van der Waals surface area contributed by atoms with Crippen LogP contribution in [0.2, 0.25) is 0 Å². The molecule has 3 fully saturated rings. The molecule has 1 N–H and O–H groups in total. The van der Waals surface area contributed by atoms with Gasteiger partial charge in [-0.15, -0.1) is 0 Å². The van der Waals surface area contributed by atoms with Gasteiger partial charge in [0.2, 0.25) is 5.91 Å². The molecule has 2 heterocycles. The number of carbonyl (C=O) groups is 2. The molecule has 1 amide bonds. The average molecular weight is 617 g/mol. The first kappa shape index (κ1) is 28.3. The third kappa shape index (κ3) is 3.73. The van der Waals surface area contributed by atoms with Crippen molar-refractivity contribution < 1.29 is 23.8 Å². The first-order valence-electron chi connectivity index (χ1n) is 16.8. The molecular formula is C39H40N2O5. The van der Waals surface area contributed by atoms with Gasteiger partial charge in [0.1, 0.15) is 11.7 Å². The van der Waals surface area contributed by atoms with E-state index in [0.717, 1.165) is 48.9 Å². The Bertz CT molecular complexity index is 1770. The molecule has 3 aromatic carbocycles. The highest BCUT2D eigenvalue weighted by molar-refractivity contribution is 6.00. The molecule has 0 radical (unpaired) electrons. The Labute approximate surface area is 269 Å². The maximum atomic E-state index is 14.7. The van der Waals surface area contributed by atoms with Gasteiger partial charge in [0.15, 0.2) is 17.3 Å². The number of benzene rings is 3. The summed E-state index contributed by atoms with van der Waals surface area (Å²) >= 11 is 0. The Kier molecular flexibility index (Phi) is 6.17. The largest absolute Gasteiger partial charge is 0.493 e. The van der Waals surface area contributed by atoms with E-state index in [9.17, 15) is 9.59 Å². The van der Waals surface area contributed by atoms with Crippen LogP contribution in [0, 0.1) is 17.3 Å². The van der Waals surface area contributed by atoms with E-state index in [0.29, 0.717) is 30.1 Å². The minimum Gasteiger partial charge on any atom is -0.493 e. The van der Waals surface area contributed by atoms with E-state index >= 15 is 0 Å². The van der Waals surface area contributed by atoms with Crippen molar-refractivity contribution >= 4 is 17.4 Å². The van der Waals surface area contributed by atoms with Crippen LogP contribution in [0.4, 0.5) is 5.69 Å². The zero-order chi connectivity index (χ0) is 31.3. The quantitative estimate of drug-likeness (QED) is 0.244. The molecule has 1 saturated heterocycles. The molecule has 2 spiro atoms. The van der Waals surface area contributed by atoms with E-state index in [1.165, 1.54) is 24.0 Å². The maximum absolute atomic E-state index is 14.7. The number of amides is 1. The molecule has 7 heteroatoms. The van der Waals surface area contributed by atoms with Crippen molar-refractivity contribution in [2.24, 2.45) is 17.3 Å². The highest BCUT2D eigenvalue weighted by Gasteiger charge is 2.80. The fraction of sp³-hybridized carbons (Fsp3) is 0.436. The molecule has 2 aliphatic heterocycles. The number of Topliss-reactive ketones (excluding diaryl/α,β-unsaturated/α-hetero) is 1. The van der Waals surface area contributed by atoms with Crippen molar-refractivity contribution in [3.05, 3.63) is 101 Å². The van der Waals surface area contributed by atoms with Crippen LogP contribution in [0.5, 0.6) is 11.5 Å². The van der Waals surface area contributed by atoms with Crippen molar-refractivity contribution in [1.82, 2.24) is 4.90 Å². The molecule has 6 atom stereocenters. The third-order valence-corrected chi connectivity index (χ3v) is 12.3. The SMILES string of the molecule is COc1ccc2c3c1O[C@H]1[C@@]4(OC)C=C[C@@]5(C[C@@H]4C(=O)c4ccc(NC(=O)Cc6ccccc6)cc4)[C@@H](C2)N(CC2CC2)CC[C@]315. The van der Waals surface area contributed by atoms with Crippen molar-refractivity contribution in [2.75, 3.05) is 32.6 Å². The molecule has 236 valence electrons.